The van der Waals surface area contributed by atoms with Gasteiger partial charge in [0.15, 0.2) is 0 Å². The summed E-state index contributed by atoms with van der Waals surface area (Å²) in [4.78, 5) is 40.7. The molecule has 3 heterocycles. The number of anilines is 1. The second-order valence-electron chi connectivity index (χ2n) is 8.88. The summed E-state index contributed by atoms with van der Waals surface area (Å²) in [5, 5.41) is 6.42. The van der Waals surface area contributed by atoms with E-state index < -0.39 is 18.1 Å². The van der Waals surface area contributed by atoms with Crippen molar-refractivity contribution in [3.63, 3.8) is 0 Å². The number of urea groups is 1. The number of benzene rings is 2. The number of fused-ring (bicyclic) bond motifs is 1. The number of para-hydroxylation sites is 1. The van der Waals surface area contributed by atoms with E-state index in [2.05, 4.69) is 10.6 Å². The van der Waals surface area contributed by atoms with Crippen LogP contribution in [0.1, 0.15) is 12.0 Å². The Morgan fingerprint density at radius 1 is 1.08 bits per heavy atom. The molecular weight excluding hydrogens is 512 g/mol. The average molecular weight is 537 g/mol. The summed E-state index contributed by atoms with van der Waals surface area (Å²) >= 11 is 7.55. The van der Waals surface area contributed by atoms with Gasteiger partial charge in [0, 0.05) is 35.6 Å². The summed E-state index contributed by atoms with van der Waals surface area (Å²) in [6.07, 6.45) is 1.82. The average Bonchev–Trinajstić information content (AvgIpc) is 3.60. The van der Waals surface area contributed by atoms with Gasteiger partial charge >= 0.3 is 12.1 Å². The number of aromatic nitrogens is 1. The number of carbonyl (C=O) groups excluding carboxylic acids is 3. The maximum Gasteiger partial charge on any atom is 0.323 e. The molecule has 190 valence electrons. The van der Waals surface area contributed by atoms with E-state index in [9.17, 15) is 14.4 Å². The molecule has 0 aliphatic carbocycles. The Kier molecular flexibility index (Phi) is 6.88. The summed E-state index contributed by atoms with van der Waals surface area (Å²) < 4.78 is 1.98. The molecule has 4 aromatic rings. The van der Waals surface area contributed by atoms with E-state index >= 15 is 0 Å². The highest BCUT2D eigenvalue weighted by molar-refractivity contribution is 7.19. The third-order valence-electron chi connectivity index (χ3n) is 6.34. The van der Waals surface area contributed by atoms with E-state index in [-0.39, 0.29) is 18.5 Å². The lowest BCUT2D eigenvalue weighted by atomic mass is 10.1. The highest BCUT2D eigenvalue weighted by atomic mass is 35.5. The van der Waals surface area contributed by atoms with Crippen molar-refractivity contribution in [2.24, 2.45) is 11.5 Å². The van der Waals surface area contributed by atoms with Crippen LogP contribution in [0.4, 0.5) is 15.3 Å². The molecule has 0 spiro atoms. The number of thiophene rings is 1. The molecule has 0 saturated carbocycles. The van der Waals surface area contributed by atoms with Gasteiger partial charge in [-0.15, -0.1) is 11.3 Å². The molecule has 2 aromatic heterocycles. The Morgan fingerprint density at radius 3 is 2.65 bits per heavy atom. The number of hydrogen-bond donors (Lipinski definition) is 4. The topological polar surface area (TPSA) is 135 Å². The third kappa shape index (κ3) is 5.17. The van der Waals surface area contributed by atoms with Crippen LogP contribution in [0.15, 0.2) is 66.9 Å². The van der Waals surface area contributed by atoms with Gasteiger partial charge in [-0.1, -0.05) is 48.0 Å². The molecule has 1 aliphatic rings. The second kappa shape index (κ2) is 10.3. The molecule has 11 heteroatoms. The summed E-state index contributed by atoms with van der Waals surface area (Å²) in [6.45, 7) is 0.534. The van der Waals surface area contributed by atoms with Crippen LogP contribution in [0.2, 0.25) is 4.34 Å². The zero-order chi connectivity index (χ0) is 26.1. The second-order valence-corrected chi connectivity index (χ2v) is 10.6. The van der Waals surface area contributed by atoms with Gasteiger partial charge in [0.1, 0.15) is 6.04 Å². The molecule has 37 heavy (non-hydrogen) atoms. The molecule has 1 fully saturated rings. The molecule has 1 saturated heterocycles. The van der Waals surface area contributed by atoms with Gasteiger partial charge < -0.3 is 27.0 Å². The van der Waals surface area contributed by atoms with Crippen molar-refractivity contribution in [1.82, 2.24) is 14.8 Å². The maximum atomic E-state index is 13.2. The first kappa shape index (κ1) is 24.8. The van der Waals surface area contributed by atoms with Crippen molar-refractivity contribution < 1.29 is 14.4 Å². The van der Waals surface area contributed by atoms with Gasteiger partial charge in [-0.25, -0.2) is 9.59 Å². The fraction of sp³-hybridized carbons (Fsp3) is 0.192. The van der Waals surface area contributed by atoms with Gasteiger partial charge in [-0.05, 0) is 41.8 Å². The van der Waals surface area contributed by atoms with Crippen molar-refractivity contribution >= 4 is 57.5 Å². The number of likely N-dealkylation sites (tertiary alicyclic amines) is 1. The number of rotatable bonds is 5. The maximum absolute atomic E-state index is 13.2. The number of primary amides is 1. The van der Waals surface area contributed by atoms with Crippen LogP contribution in [0, 0.1) is 0 Å². The molecule has 0 radical (unpaired) electrons. The summed E-state index contributed by atoms with van der Waals surface area (Å²) in [5.74, 6) is -0.285. The monoisotopic (exact) mass is 536 g/mol. The molecule has 0 unspecified atom stereocenters. The number of hydrogen-bond acceptors (Lipinski definition) is 5. The Labute approximate surface area is 222 Å². The first-order chi connectivity index (χ1) is 17.8. The van der Waals surface area contributed by atoms with E-state index in [1.54, 1.807) is 24.3 Å². The summed E-state index contributed by atoms with van der Waals surface area (Å²) in [5.41, 5.74) is 14.5. The van der Waals surface area contributed by atoms with Crippen LogP contribution >= 0.6 is 22.9 Å². The first-order valence-corrected chi connectivity index (χ1v) is 12.8. The normalized spacial score (nSPS) is 17.2. The number of amides is 4. The van der Waals surface area contributed by atoms with Gasteiger partial charge in [0.2, 0.25) is 5.91 Å². The minimum absolute atomic E-state index is 0.229. The summed E-state index contributed by atoms with van der Waals surface area (Å²) in [6, 6.07) is 16.6. The van der Waals surface area contributed by atoms with Crippen molar-refractivity contribution in [3.8, 4) is 10.4 Å². The van der Waals surface area contributed by atoms with Crippen LogP contribution in [0.3, 0.4) is 0 Å². The van der Waals surface area contributed by atoms with Crippen molar-refractivity contribution in [3.05, 3.63) is 76.8 Å². The standard InChI is InChI=1S/C26H25ClN6O3S/c27-23-9-8-22(37-23)16-5-3-4-15(10-16)12-30-24(34)21-11-17(28)13-33(21)26(36)31-19-14-32(25(29)35)20-7-2-1-6-18(19)20/h1-10,14,17,21H,11-13,28H2,(H2,29,35)(H,30,34)(H,31,36)/t17-,21-/m0/s1. The Bertz CT molecular complexity index is 1500. The lowest BCUT2D eigenvalue weighted by Crippen LogP contribution is -2.47. The van der Waals surface area contributed by atoms with E-state index in [0.717, 1.165) is 16.0 Å². The van der Waals surface area contributed by atoms with Crippen LogP contribution < -0.4 is 22.1 Å². The summed E-state index contributed by atoms with van der Waals surface area (Å²) in [7, 11) is 0. The van der Waals surface area contributed by atoms with Crippen molar-refractivity contribution in [2.75, 3.05) is 11.9 Å². The number of carbonyl (C=O) groups is 3. The van der Waals surface area contributed by atoms with Gasteiger partial charge in [0.25, 0.3) is 0 Å². The van der Waals surface area contributed by atoms with Crippen LogP contribution in [-0.4, -0.2) is 46.1 Å². The fourth-order valence-electron chi connectivity index (χ4n) is 4.60. The molecule has 9 nitrogen and oxygen atoms in total. The van der Waals surface area contributed by atoms with E-state index in [1.807, 2.05) is 36.4 Å². The highest BCUT2D eigenvalue weighted by Crippen LogP contribution is 2.31. The Hall–Kier alpha value is -3.86. The van der Waals surface area contributed by atoms with Crippen molar-refractivity contribution in [2.45, 2.75) is 25.0 Å². The molecule has 6 N–H and O–H groups in total. The Balaban J connectivity index is 1.28. The largest absolute Gasteiger partial charge is 0.351 e. The smallest absolute Gasteiger partial charge is 0.323 e. The SMILES string of the molecule is NC(=O)n1cc(NC(=O)N2C[C@@H](N)C[C@H]2C(=O)NCc2cccc(-c3ccc(Cl)s3)c2)c2ccccc21. The van der Waals surface area contributed by atoms with Crippen LogP contribution in [-0.2, 0) is 11.3 Å². The molecule has 5 rings (SSSR count). The van der Waals surface area contributed by atoms with E-state index in [4.69, 9.17) is 23.1 Å². The number of nitrogens with two attached hydrogens (primary N) is 2. The van der Waals surface area contributed by atoms with E-state index in [1.165, 1.54) is 27.0 Å². The predicted molar refractivity (Wildman–Crippen MR) is 146 cm³/mol. The molecule has 4 amide bonds. The van der Waals surface area contributed by atoms with Gasteiger partial charge in [-0.2, -0.15) is 0 Å². The molecule has 1 aliphatic heterocycles. The Morgan fingerprint density at radius 2 is 1.89 bits per heavy atom. The highest BCUT2D eigenvalue weighted by Gasteiger charge is 2.38. The third-order valence-corrected chi connectivity index (χ3v) is 7.62. The molecule has 0 bridgehead atoms. The number of halogens is 1. The molecule has 2 aromatic carbocycles. The van der Waals surface area contributed by atoms with Crippen LogP contribution in [0.25, 0.3) is 21.3 Å². The predicted octanol–water partition coefficient (Wildman–Crippen LogP) is 4.20. The zero-order valence-corrected chi connectivity index (χ0v) is 21.3. The van der Waals surface area contributed by atoms with Gasteiger partial charge in [0.05, 0.1) is 15.5 Å². The lowest BCUT2D eigenvalue weighted by molar-refractivity contribution is -0.124. The van der Waals surface area contributed by atoms with Crippen molar-refractivity contribution in [1.29, 1.82) is 0 Å². The van der Waals surface area contributed by atoms with Gasteiger partial charge in [-0.3, -0.25) is 9.36 Å². The minimum Gasteiger partial charge on any atom is -0.351 e. The zero-order valence-electron chi connectivity index (χ0n) is 19.7. The van der Waals surface area contributed by atoms with Crippen LogP contribution in [0.5, 0.6) is 0 Å². The molecule has 2 atom stereocenters. The molecular formula is C26H25ClN6O3S. The first-order valence-electron chi connectivity index (χ1n) is 11.7. The number of nitrogens with one attached hydrogen (secondary N) is 2. The number of nitrogens with zero attached hydrogens (tertiary/aromatic N) is 2. The minimum atomic E-state index is -0.723. The lowest BCUT2D eigenvalue weighted by Gasteiger charge is -2.24. The van der Waals surface area contributed by atoms with E-state index in [0.29, 0.717) is 33.9 Å². The quantitative estimate of drug-likeness (QED) is 0.304. The fourth-order valence-corrected chi connectivity index (χ4v) is 5.64.